The van der Waals surface area contributed by atoms with Crippen molar-refractivity contribution in [2.45, 2.75) is 12.5 Å². The Morgan fingerprint density at radius 1 is 1.03 bits per heavy atom. The molecule has 31 heavy (non-hydrogen) atoms. The molecule has 0 spiro atoms. The largest absolute Gasteiger partial charge is 0.378 e. The molecule has 0 radical (unpaired) electrons. The lowest BCUT2D eigenvalue weighted by Gasteiger charge is -2.30. The van der Waals surface area contributed by atoms with E-state index in [0.29, 0.717) is 37.9 Å². The zero-order valence-corrected chi connectivity index (χ0v) is 17.8. The zero-order valence-electron chi connectivity index (χ0n) is 17.0. The summed E-state index contributed by atoms with van der Waals surface area (Å²) >= 11 is 1.35. The molecule has 1 unspecified atom stereocenters. The van der Waals surface area contributed by atoms with E-state index >= 15 is 0 Å². The van der Waals surface area contributed by atoms with Crippen molar-refractivity contribution in [1.82, 2.24) is 15.2 Å². The number of amides is 2. The van der Waals surface area contributed by atoms with Crippen LogP contribution in [0.25, 0.3) is 0 Å². The number of carbonyl (C=O) groups excluding carboxylic acids is 2. The van der Waals surface area contributed by atoms with Crippen molar-refractivity contribution in [3.8, 4) is 0 Å². The van der Waals surface area contributed by atoms with Gasteiger partial charge in [-0.25, -0.2) is 4.98 Å². The van der Waals surface area contributed by atoms with E-state index < -0.39 is 6.04 Å². The monoisotopic (exact) mass is 436 g/mol. The summed E-state index contributed by atoms with van der Waals surface area (Å²) in [6.45, 7) is 2.08. The maximum Gasteiger partial charge on any atom is 0.271 e. The lowest BCUT2D eigenvalue weighted by atomic mass is 10.0. The molecule has 160 valence electrons. The average Bonchev–Trinajstić information content (AvgIpc) is 3.29. The summed E-state index contributed by atoms with van der Waals surface area (Å²) in [5, 5.41) is 8.40. The van der Waals surface area contributed by atoms with E-state index in [1.54, 1.807) is 10.3 Å². The highest BCUT2D eigenvalue weighted by molar-refractivity contribution is 7.14. The Bertz CT molecular complexity index is 1000. The third-order valence-electron chi connectivity index (χ3n) is 4.97. The van der Waals surface area contributed by atoms with E-state index in [9.17, 15) is 9.59 Å². The summed E-state index contributed by atoms with van der Waals surface area (Å²) in [6.07, 6.45) is 0.419. The molecule has 2 heterocycles. The number of thiazole rings is 1. The first-order chi connectivity index (χ1) is 15.2. The molecule has 1 saturated heterocycles. The maximum absolute atomic E-state index is 13.1. The van der Waals surface area contributed by atoms with Crippen molar-refractivity contribution in [1.29, 1.82) is 0 Å². The van der Waals surface area contributed by atoms with Gasteiger partial charge in [-0.2, -0.15) is 0 Å². The van der Waals surface area contributed by atoms with Crippen LogP contribution in [0.4, 0.5) is 10.8 Å². The average molecular weight is 437 g/mol. The number of aromatic nitrogens is 1. The number of carbonyl (C=O) groups is 2. The molecular formula is C23H24N4O3S. The van der Waals surface area contributed by atoms with E-state index in [0.717, 1.165) is 11.3 Å². The van der Waals surface area contributed by atoms with Gasteiger partial charge in [0, 0.05) is 30.6 Å². The van der Waals surface area contributed by atoms with Gasteiger partial charge in [-0.05, 0) is 17.7 Å². The molecule has 1 aromatic heterocycles. The summed E-state index contributed by atoms with van der Waals surface area (Å²) in [7, 11) is 0. The number of morpholine rings is 1. The zero-order chi connectivity index (χ0) is 21.5. The number of nitrogens with one attached hydrogen (secondary N) is 2. The van der Waals surface area contributed by atoms with Gasteiger partial charge in [0.1, 0.15) is 11.7 Å². The highest BCUT2D eigenvalue weighted by Gasteiger charge is 2.28. The van der Waals surface area contributed by atoms with E-state index in [4.69, 9.17) is 4.74 Å². The third kappa shape index (κ3) is 5.68. The van der Waals surface area contributed by atoms with Crippen molar-refractivity contribution in [2.24, 2.45) is 0 Å². The second kappa shape index (κ2) is 10.2. The quantitative estimate of drug-likeness (QED) is 0.595. The van der Waals surface area contributed by atoms with Crippen LogP contribution < -0.4 is 10.6 Å². The molecule has 7 nitrogen and oxygen atoms in total. The molecule has 2 aromatic carbocycles. The topological polar surface area (TPSA) is 83.6 Å². The molecule has 1 atom stereocenters. The van der Waals surface area contributed by atoms with Gasteiger partial charge in [0.15, 0.2) is 5.13 Å². The lowest BCUT2D eigenvalue weighted by molar-refractivity contribution is -0.137. The number of hydrogen-bond donors (Lipinski definition) is 2. The van der Waals surface area contributed by atoms with Crippen molar-refractivity contribution in [3.63, 3.8) is 0 Å². The number of anilines is 2. The number of hydrogen-bond acceptors (Lipinski definition) is 6. The van der Waals surface area contributed by atoms with Crippen LogP contribution in [0, 0.1) is 0 Å². The van der Waals surface area contributed by atoms with Crippen molar-refractivity contribution in [3.05, 3.63) is 77.3 Å². The Labute approximate surface area is 185 Å². The maximum atomic E-state index is 13.1. The molecule has 0 saturated carbocycles. The van der Waals surface area contributed by atoms with Crippen LogP contribution in [0.3, 0.4) is 0 Å². The van der Waals surface area contributed by atoms with Gasteiger partial charge in [0.25, 0.3) is 5.91 Å². The molecule has 0 aliphatic carbocycles. The van der Waals surface area contributed by atoms with Crippen LogP contribution in [-0.2, 0) is 16.0 Å². The molecule has 3 aromatic rings. The Balaban J connectivity index is 1.46. The van der Waals surface area contributed by atoms with Crippen LogP contribution >= 0.6 is 11.3 Å². The van der Waals surface area contributed by atoms with Crippen molar-refractivity contribution < 1.29 is 14.3 Å². The van der Waals surface area contributed by atoms with Gasteiger partial charge in [-0.15, -0.1) is 11.3 Å². The van der Waals surface area contributed by atoms with Crippen LogP contribution in [0.15, 0.2) is 66.0 Å². The number of para-hydroxylation sites is 1. The van der Waals surface area contributed by atoms with E-state index in [2.05, 4.69) is 15.6 Å². The van der Waals surface area contributed by atoms with Crippen LogP contribution in [0.1, 0.15) is 16.1 Å². The minimum absolute atomic E-state index is 0.0987. The molecule has 0 bridgehead atoms. The summed E-state index contributed by atoms with van der Waals surface area (Å²) in [4.78, 5) is 32.2. The minimum atomic E-state index is -0.666. The molecule has 2 N–H and O–H groups in total. The summed E-state index contributed by atoms with van der Waals surface area (Å²) < 4.78 is 5.35. The smallest absolute Gasteiger partial charge is 0.271 e. The predicted octanol–water partition coefficient (Wildman–Crippen LogP) is 3.09. The number of nitrogens with zero attached hydrogens (tertiary/aromatic N) is 2. The molecular weight excluding hydrogens is 412 g/mol. The van der Waals surface area contributed by atoms with E-state index in [1.807, 2.05) is 60.7 Å². The highest BCUT2D eigenvalue weighted by atomic mass is 32.1. The van der Waals surface area contributed by atoms with Gasteiger partial charge in [0.05, 0.1) is 13.2 Å². The van der Waals surface area contributed by atoms with Crippen LogP contribution in [-0.4, -0.2) is 54.0 Å². The van der Waals surface area contributed by atoms with Crippen molar-refractivity contribution in [2.75, 3.05) is 31.6 Å². The van der Waals surface area contributed by atoms with Crippen molar-refractivity contribution >= 4 is 34.0 Å². The molecule has 1 fully saturated rings. The second-order valence-corrected chi connectivity index (χ2v) is 8.04. The fourth-order valence-corrected chi connectivity index (χ4v) is 4.08. The Morgan fingerprint density at radius 3 is 2.42 bits per heavy atom. The number of rotatable bonds is 7. The second-order valence-electron chi connectivity index (χ2n) is 7.18. The molecule has 4 rings (SSSR count). The molecule has 1 aliphatic rings. The third-order valence-corrected chi connectivity index (χ3v) is 5.73. The van der Waals surface area contributed by atoms with Crippen LogP contribution in [0.2, 0.25) is 0 Å². The van der Waals surface area contributed by atoms with Gasteiger partial charge in [-0.1, -0.05) is 48.5 Å². The lowest BCUT2D eigenvalue weighted by Crippen LogP contribution is -2.52. The fraction of sp³-hybridized carbons (Fsp3) is 0.261. The highest BCUT2D eigenvalue weighted by Crippen LogP contribution is 2.21. The van der Waals surface area contributed by atoms with Crippen LogP contribution in [0.5, 0.6) is 0 Å². The Kier molecular flexibility index (Phi) is 6.91. The van der Waals surface area contributed by atoms with Gasteiger partial charge >= 0.3 is 0 Å². The van der Waals surface area contributed by atoms with E-state index in [-0.39, 0.29) is 17.5 Å². The summed E-state index contributed by atoms with van der Waals surface area (Å²) in [6, 6.07) is 18.7. The SMILES string of the molecule is O=C(NC(Cc1ccccc1)C(=O)N1CCOCC1)c1csc(Nc2ccccc2)n1. The number of ether oxygens (including phenoxy) is 1. The Hall–Kier alpha value is -3.23. The normalized spacial score (nSPS) is 14.6. The molecule has 1 aliphatic heterocycles. The first-order valence-electron chi connectivity index (χ1n) is 10.2. The molecule has 8 heteroatoms. The van der Waals surface area contributed by atoms with Gasteiger partial charge in [-0.3, -0.25) is 9.59 Å². The van der Waals surface area contributed by atoms with Gasteiger partial charge < -0.3 is 20.3 Å². The minimum Gasteiger partial charge on any atom is -0.378 e. The standard InChI is InChI=1S/C23H24N4O3S/c28-21(20-16-31-23(26-20)24-18-9-5-2-6-10-18)25-19(15-17-7-3-1-4-8-17)22(29)27-11-13-30-14-12-27/h1-10,16,19H,11-15H2,(H,24,26)(H,25,28). The fourth-order valence-electron chi connectivity index (χ4n) is 3.37. The number of benzene rings is 2. The van der Waals surface area contributed by atoms with Gasteiger partial charge in [0.2, 0.25) is 5.91 Å². The first kappa shape index (κ1) is 21.0. The molecule has 2 amide bonds. The predicted molar refractivity (Wildman–Crippen MR) is 121 cm³/mol. The van der Waals surface area contributed by atoms with E-state index in [1.165, 1.54) is 11.3 Å². The summed E-state index contributed by atoms with van der Waals surface area (Å²) in [5.74, 6) is -0.460. The first-order valence-corrected chi connectivity index (χ1v) is 11.1. The summed E-state index contributed by atoms with van der Waals surface area (Å²) in [5.41, 5.74) is 2.17. The Morgan fingerprint density at radius 2 is 1.71 bits per heavy atom.